The van der Waals surface area contributed by atoms with Crippen LogP contribution in [-0.2, 0) is 11.2 Å². The summed E-state index contributed by atoms with van der Waals surface area (Å²) in [5, 5.41) is 9.86. The first-order chi connectivity index (χ1) is 14.4. The fourth-order valence-corrected chi connectivity index (χ4v) is 3.13. The molecule has 0 aliphatic carbocycles. The highest BCUT2D eigenvalue weighted by Crippen LogP contribution is 2.19. The van der Waals surface area contributed by atoms with Crippen molar-refractivity contribution in [1.29, 1.82) is 0 Å². The Hall–Kier alpha value is -3.48. The number of aryl methyl sites for hydroxylation is 2. The van der Waals surface area contributed by atoms with E-state index in [4.69, 9.17) is 0 Å². The summed E-state index contributed by atoms with van der Waals surface area (Å²) in [5.41, 5.74) is 3.76. The summed E-state index contributed by atoms with van der Waals surface area (Å²) < 4.78 is 13.4. The van der Waals surface area contributed by atoms with Gasteiger partial charge < -0.3 is 10.2 Å². The van der Waals surface area contributed by atoms with Crippen LogP contribution in [0.1, 0.15) is 28.0 Å². The summed E-state index contributed by atoms with van der Waals surface area (Å²) in [5.74, 6) is -0.703. The van der Waals surface area contributed by atoms with E-state index in [-0.39, 0.29) is 24.2 Å². The average Bonchev–Trinajstić information content (AvgIpc) is 3.21. The first-order valence-electron chi connectivity index (χ1n) is 9.82. The number of benzene rings is 2. The second-order valence-electron chi connectivity index (χ2n) is 7.21. The number of aromatic amines is 1. The Kier molecular flexibility index (Phi) is 6.95. The summed E-state index contributed by atoms with van der Waals surface area (Å²) in [6.07, 6.45) is 1.44. The number of rotatable bonds is 8. The molecule has 0 aliphatic rings. The molecule has 2 aromatic carbocycles. The minimum Gasteiger partial charge on any atom is -0.344 e. The maximum atomic E-state index is 13.4. The van der Waals surface area contributed by atoms with Crippen LogP contribution >= 0.6 is 0 Å². The van der Waals surface area contributed by atoms with Crippen LogP contribution in [0.5, 0.6) is 0 Å². The molecule has 0 bridgehead atoms. The van der Waals surface area contributed by atoms with Gasteiger partial charge in [0.15, 0.2) is 0 Å². The quantitative estimate of drug-likeness (QED) is 0.600. The lowest BCUT2D eigenvalue weighted by Gasteiger charge is -2.17. The summed E-state index contributed by atoms with van der Waals surface area (Å²) >= 11 is 0. The largest absolute Gasteiger partial charge is 0.344 e. The Bertz CT molecular complexity index is 1030. The molecule has 0 atom stereocenters. The highest BCUT2D eigenvalue weighted by molar-refractivity contribution is 5.97. The lowest BCUT2D eigenvalue weighted by molar-refractivity contribution is -0.128. The van der Waals surface area contributed by atoms with Gasteiger partial charge in [-0.1, -0.05) is 30.3 Å². The predicted molar refractivity (Wildman–Crippen MR) is 113 cm³/mol. The third kappa shape index (κ3) is 5.53. The number of amides is 2. The molecule has 0 unspecified atom stereocenters. The molecule has 0 spiro atoms. The molecule has 0 saturated carbocycles. The Morgan fingerprint density at radius 2 is 1.93 bits per heavy atom. The molecule has 2 N–H and O–H groups in total. The maximum absolute atomic E-state index is 13.4. The molecule has 0 aliphatic heterocycles. The van der Waals surface area contributed by atoms with Gasteiger partial charge in [-0.3, -0.25) is 14.7 Å². The van der Waals surface area contributed by atoms with Gasteiger partial charge in [-0.25, -0.2) is 4.39 Å². The third-order valence-electron chi connectivity index (χ3n) is 4.91. The van der Waals surface area contributed by atoms with Gasteiger partial charge in [0, 0.05) is 30.4 Å². The standard InChI is InChI=1S/C23H25FN4O2/c1-16-7-3-4-11-20(16)23(30)25-15-22(29)28(2)12-6-10-19-14-21(27-26-19)17-8-5-9-18(24)13-17/h3-5,7-9,11,13-14H,6,10,12,15H2,1-2H3,(H,25,30)(H,26,27). The van der Waals surface area contributed by atoms with E-state index in [1.54, 1.807) is 36.2 Å². The molecular formula is C23H25FN4O2. The van der Waals surface area contributed by atoms with E-state index in [9.17, 15) is 14.0 Å². The molecule has 2 amide bonds. The van der Waals surface area contributed by atoms with Crippen molar-refractivity contribution in [2.75, 3.05) is 20.1 Å². The molecular weight excluding hydrogens is 383 g/mol. The van der Waals surface area contributed by atoms with Crippen molar-refractivity contribution in [2.24, 2.45) is 0 Å². The summed E-state index contributed by atoms with van der Waals surface area (Å²) in [6.45, 7) is 2.36. The monoisotopic (exact) mass is 408 g/mol. The Morgan fingerprint density at radius 3 is 2.70 bits per heavy atom. The number of nitrogens with zero attached hydrogens (tertiary/aromatic N) is 2. The van der Waals surface area contributed by atoms with Crippen molar-refractivity contribution >= 4 is 11.8 Å². The predicted octanol–water partition coefficient (Wildman–Crippen LogP) is 3.35. The molecule has 1 aromatic heterocycles. The van der Waals surface area contributed by atoms with Gasteiger partial charge in [0.2, 0.25) is 5.91 Å². The van der Waals surface area contributed by atoms with Crippen molar-refractivity contribution in [3.8, 4) is 11.3 Å². The highest BCUT2D eigenvalue weighted by Gasteiger charge is 2.13. The SMILES string of the molecule is Cc1ccccc1C(=O)NCC(=O)N(C)CCCc1cc(-c2cccc(F)c2)n[nH]1. The van der Waals surface area contributed by atoms with Crippen LogP contribution in [0.2, 0.25) is 0 Å². The molecule has 3 rings (SSSR count). The number of H-pyrrole nitrogens is 1. The van der Waals surface area contributed by atoms with Crippen LogP contribution in [0.4, 0.5) is 4.39 Å². The van der Waals surface area contributed by atoms with Crippen molar-refractivity contribution in [1.82, 2.24) is 20.4 Å². The van der Waals surface area contributed by atoms with Gasteiger partial charge in [0.25, 0.3) is 5.91 Å². The van der Waals surface area contributed by atoms with Gasteiger partial charge in [0.05, 0.1) is 12.2 Å². The van der Waals surface area contributed by atoms with E-state index in [1.807, 2.05) is 25.1 Å². The first kappa shape index (κ1) is 21.2. The summed E-state index contributed by atoms with van der Waals surface area (Å²) in [6, 6.07) is 15.4. The molecule has 0 saturated heterocycles. The van der Waals surface area contributed by atoms with Gasteiger partial charge in [-0.05, 0) is 49.6 Å². The lowest BCUT2D eigenvalue weighted by atomic mass is 10.1. The smallest absolute Gasteiger partial charge is 0.251 e. The molecule has 7 heteroatoms. The number of aromatic nitrogens is 2. The van der Waals surface area contributed by atoms with E-state index in [2.05, 4.69) is 15.5 Å². The van der Waals surface area contributed by atoms with Crippen LogP contribution < -0.4 is 5.32 Å². The molecule has 156 valence electrons. The molecule has 30 heavy (non-hydrogen) atoms. The van der Waals surface area contributed by atoms with Gasteiger partial charge in [0.1, 0.15) is 5.82 Å². The number of hydrogen-bond donors (Lipinski definition) is 2. The molecule has 0 radical (unpaired) electrons. The number of likely N-dealkylation sites (N-methyl/N-ethyl adjacent to an activating group) is 1. The van der Waals surface area contributed by atoms with Crippen LogP contribution in [-0.4, -0.2) is 47.0 Å². The van der Waals surface area contributed by atoms with E-state index in [0.29, 0.717) is 29.8 Å². The van der Waals surface area contributed by atoms with Crippen molar-refractivity contribution in [2.45, 2.75) is 19.8 Å². The summed E-state index contributed by atoms with van der Waals surface area (Å²) in [4.78, 5) is 26.1. The molecule has 1 heterocycles. The number of carbonyl (C=O) groups excluding carboxylic acids is 2. The first-order valence-corrected chi connectivity index (χ1v) is 9.82. The molecule has 3 aromatic rings. The lowest BCUT2D eigenvalue weighted by Crippen LogP contribution is -2.38. The average molecular weight is 408 g/mol. The van der Waals surface area contributed by atoms with E-state index < -0.39 is 0 Å². The van der Waals surface area contributed by atoms with Crippen LogP contribution in [0.15, 0.2) is 54.6 Å². The topological polar surface area (TPSA) is 78.1 Å². The fourth-order valence-electron chi connectivity index (χ4n) is 3.13. The zero-order valence-corrected chi connectivity index (χ0v) is 17.1. The molecule has 6 nitrogen and oxygen atoms in total. The summed E-state index contributed by atoms with van der Waals surface area (Å²) in [7, 11) is 1.72. The fraction of sp³-hybridized carbons (Fsp3) is 0.261. The van der Waals surface area contributed by atoms with Gasteiger partial charge in [-0.15, -0.1) is 0 Å². The second-order valence-corrected chi connectivity index (χ2v) is 7.21. The van der Waals surface area contributed by atoms with Crippen LogP contribution in [0, 0.1) is 12.7 Å². The molecule has 0 fully saturated rings. The normalized spacial score (nSPS) is 10.6. The minimum absolute atomic E-state index is 0.0442. The van der Waals surface area contributed by atoms with Gasteiger partial charge >= 0.3 is 0 Å². The van der Waals surface area contributed by atoms with Crippen LogP contribution in [0.3, 0.4) is 0 Å². The van der Waals surface area contributed by atoms with Crippen molar-refractivity contribution in [3.05, 3.63) is 77.2 Å². The number of carbonyl (C=O) groups is 2. The Morgan fingerprint density at radius 1 is 1.13 bits per heavy atom. The van der Waals surface area contributed by atoms with Crippen molar-refractivity contribution < 1.29 is 14.0 Å². The third-order valence-corrected chi connectivity index (χ3v) is 4.91. The highest BCUT2D eigenvalue weighted by atomic mass is 19.1. The minimum atomic E-state index is -0.299. The second kappa shape index (κ2) is 9.82. The Labute approximate surface area is 175 Å². The maximum Gasteiger partial charge on any atom is 0.251 e. The van der Waals surface area contributed by atoms with E-state index in [1.165, 1.54) is 12.1 Å². The van der Waals surface area contributed by atoms with Crippen LogP contribution in [0.25, 0.3) is 11.3 Å². The zero-order valence-electron chi connectivity index (χ0n) is 17.1. The number of hydrogen-bond acceptors (Lipinski definition) is 3. The van der Waals surface area contributed by atoms with Gasteiger partial charge in [-0.2, -0.15) is 5.10 Å². The number of halogens is 1. The number of nitrogens with one attached hydrogen (secondary N) is 2. The Balaban J connectivity index is 1.43. The van der Waals surface area contributed by atoms with E-state index >= 15 is 0 Å². The van der Waals surface area contributed by atoms with E-state index in [0.717, 1.165) is 17.7 Å². The van der Waals surface area contributed by atoms with Crippen molar-refractivity contribution in [3.63, 3.8) is 0 Å². The zero-order chi connectivity index (χ0) is 21.5.